The second-order valence-electron chi connectivity index (χ2n) is 14.0. The largest absolute Gasteiger partial charge is 0.309 e. The van der Waals surface area contributed by atoms with Crippen LogP contribution in [-0.2, 0) is 5.41 Å². The van der Waals surface area contributed by atoms with Gasteiger partial charge in [0.2, 0.25) is 0 Å². The maximum absolute atomic E-state index is 5.00. The van der Waals surface area contributed by atoms with Crippen molar-refractivity contribution in [1.29, 1.82) is 0 Å². The maximum atomic E-state index is 5.00. The lowest BCUT2D eigenvalue weighted by Crippen LogP contribution is -2.14. The highest BCUT2D eigenvalue weighted by Crippen LogP contribution is 2.49. The van der Waals surface area contributed by atoms with E-state index in [1.807, 2.05) is 6.20 Å². The minimum atomic E-state index is -0.00930. The third kappa shape index (κ3) is 3.54. The SMILES string of the molecule is CC1(C)c2ccccc2-c2cc(-c3ccnc(-n4c5ccccc5c5cc6c(cc54)cc4c5ccccc5c5ccccc5n64)c3)ccc21. The Bertz CT molecular complexity index is 3030. The summed E-state index contributed by atoms with van der Waals surface area (Å²) in [5.74, 6) is 0.920. The van der Waals surface area contributed by atoms with Gasteiger partial charge >= 0.3 is 0 Å². The fourth-order valence-corrected chi connectivity index (χ4v) is 8.83. The van der Waals surface area contributed by atoms with E-state index in [2.05, 4.69) is 168 Å². The molecule has 0 amide bonds. The van der Waals surface area contributed by atoms with Crippen molar-refractivity contribution < 1.29 is 0 Å². The zero-order valence-corrected chi connectivity index (χ0v) is 27.3. The molecule has 3 nitrogen and oxygen atoms in total. The van der Waals surface area contributed by atoms with Gasteiger partial charge in [0.1, 0.15) is 5.82 Å². The molecule has 230 valence electrons. The van der Waals surface area contributed by atoms with Crippen molar-refractivity contribution in [2.75, 3.05) is 0 Å². The highest BCUT2D eigenvalue weighted by atomic mass is 15.1. The molecule has 0 atom stereocenters. The van der Waals surface area contributed by atoms with Gasteiger partial charge in [-0.05, 0) is 87.3 Å². The van der Waals surface area contributed by atoms with Gasteiger partial charge in [0.25, 0.3) is 0 Å². The molecule has 10 aromatic rings. The van der Waals surface area contributed by atoms with Crippen LogP contribution in [0.15, 0.2) is 152 Å². The van der Waals surface area contributed by atoms with Gasteiger partial charge in [-0.25, -0.2) is 4.98 Å². The van der Waals surface area contributed by atoms with Gasteiger partial charge in [0.15, 0.2) is 0 Å². The molecule has 0 saturated carbocycles. The summed E-state index contributed by atoms with van der Waals surface area (Å²) in [7, 11) is 0. The summed E-state index contributed by atoms with van der Waals surface area (Å²) < 4.78 is 4.79. The summed E-state index contributed by atoms with van der Waals surface area (Å²) in [6, 6.07) is 53.6. The standard InChI is InChI=1S/C46H31N3/c1-46(2)38-16-8-5-12-32(38)36-23-28(19-20-39(36)46)29-21-22-47-45(26-29)49-41-18-10-7-15-35(41)37-27-42-30(25-44(37)49)24-43-34-14-4-3-11-31(34)33-13-6-9-17-40(33)48(42)43/h3-27H,1-2H3. The predicted octanol–water partition coefficient (Wildman–Crippen LogP) is 11.9. The van der Waals surface area contributed by atoms with Crippen LogP contribution in [0.2, 0.25) is 0 Å². The molecule has 4 heterocycles. The van der Waals surface area contributed by atoms with Gasteiger partial charge < -0.3 is 4.40 Å². The molecule has 11 rings (SSSR count). The van der Waals surface area contributed by atoms with E-state index in [1.54, 1.807) is 0 Å². The van der Waals surface area contributed by atoms with E-state index in [4.69, 9.17) is 4.98 Å². The quantitative estimate of drug-likeness (QED) is 0.175. The van der Waals surface area contributed by atoms with Crippen LogP contribution in [0.25, 0.3) is 88.0 Å². The third-order valence-electron chi connectivity index (χ3n) is 11.1. The minimum Gasteiger partial charge on any atom is -0.309 e. The highest BCUT2D eigenvalue weighted by Gasteiger charge is 2.35. The summed E-state index contributed by atoms with van der Waals surface area (Å²) in [6.07, 6.45) is 1.96. The Hall–Kier alpha value is -6.19. The molecule has 3 heteroatoms. The van der Waals surface area contributed by atoms with E-state index in [0.29, 0.717) is 0 Å². The van der Waals surface area contributed by atoms with Crippen molar-refractivity contribution >= 4 is 59.9 Å². The number of benzene rings is 6. The summed E-state index contributed by atoms with van der Waals surface area (Å²) >= 11 is 0. The van der Waals surface area contributed by atoms with Gasteiger partial charge in [-0.2, -0.15) is 0 Å². The monoisotopic (exact) mass is 625 g/mol. The molecule has 0 aliphatic heterocycles. The van der Waals surface area contributed by atoms with Gasteiger partial charge in [-0.15, -0.1) is 0 Å². The molecule has 0 saturated heterocycles. The number of hydrogen-bond acceptors (Lipinski definition) is 1. The van der Waals surface area contributed by atoms with Crippen LogP contribution in [0.5, 0.6) is 0 Å². The number of hydrogen-bond donors (Lipinski definition) is 0. The average Bonchev–Trinajstić information content (AvgIpc) is 3.76. The van der Waals surface area contributed by atoms with Crippen molar-refractivity contribution in [3.8, 4) is 28.1 Å². The molecule has 1 aliphatic carbocycles. The van der Waals surface area contributed by atoms with Crippen molar-refractivity contribution in [1.82, 2.24) is 14.0 Å². The number of para-hydroxylation sites is 2. The summed E-state index contributed by atoms with van der Waals surface area (Å²) in [5.41, 5.74) is 13.8. The van der Waals surface area contributed by atoms with Crippen LogP contribution in [0.1, 0.15) is 25.0 Å². The first-order valence-electron chi connectivity index (χ1n) is 17.1. The summed E-state index contributed by atoms with van der Waals surface area (Å²) in [5, 5.41) is 7.49. The average molecular weight is 626 g/mol. The van der Waals surface area contributed by atoms with E-state index < -0.39 is 0 Å². The topological polar surface area (TPSA) is 22.2 Å². The molecule has 4 aromatic heterocycles. The molecular weight excluding hydrogens is 595 g/mol. The fourth-order valence-electron chi connectivity index (χ4n) is 8.83. The molecule has 0 spiro atoms. The first-order chi connectivity index (χ1) is 24.1. The fraction of sp³-hybridized carbons (Fsp3) is 0.0652. The molecular formula is C46H31N3. The Morgan fingerprint density at radius 3 is 1.92 bits per heavy atom. The Morgan fingerprint density at radius 2 is 1.08 bits per heavy atom. The summed E-state index contributed by atoms with van der Waals surface area (Å²) in [6.45, 7) is 4.67. The van der Waals surface area contributed by atoms with Crippen LogP contribution in [0, 0.1) is 0 Å². The molecule has 0 radical (unpaired) electrons. The lowest BCUT2D eigenvalue weighted by Gasteiger charge is -2.21. The van der Waals surface area contributed by atoms with E-state index in [-0.39, 0.29) is 5.41 Å². The molecule has 49 heavy (non-hydrogen) atoms. The van der Waals surface area contributed by atoms with Crippen molar-refractivity contribution in [3.05, 3.63) is 163 Å². The zero-order chi connectivity index (χ0) is 32.4. The Morgan fingerprint density at radius 1 is 0.449 bits per heavy atom. The van der Waals surface area contributed by atoms with Crippen molar-refractivity contribution in [3.63, 3.8) is 0 Å². The van der Waals surface area contributed by atoms with Gasteiger partial charge in [-0.1, -0.05) is 111 Å². The van der Waals surface area contributed by atoms with Crippen molar-refractivity contribution in [2.24, 2.45) is 0 Å². The van der Waals surface area contributed by atoms with E-state index in [1.165, 1.54) is 76.7 Å². The number of rotatable bonds is 2. The molecule has 1 aliphatic rings. The van der Waals surface area contributed by atoms with E-state index in [9.17, 15) is 0 Å². The predicted molar refractivity (Wildman–Crippen MR) is 205 cm³/mol. The van der Waals surface area contributed by atoms with Crippen LogP contribution in [-0.4, -0.2) is 14.0 Å². The van der Waals surface area contributed by atoms with Crippen LogP contribution in [0.3, 0.4) is 0 Å². The molecule has 0 bridgehead atoms. The third-order valence-corrected chi connectivity index (χ3v) is 11.1. The van der Waals surface area contributed by atoms with E-state index in [0.717, 1.165) is 22.4 Å². The lowest BCUT2D eigenvalue weighted by molar-refractivity contribution is 0.660. The normalized spacial score (nSPS) is 13.7. The Labute approximate surface area is 283 Å². The second kappa shape index (κ2) is 9.46. The first kappa shape index (κ1) is 26.8. The van der Waals surface area contributed by atoms with Gasteiger partial charge in [0, 0.05) is 38.5 Å². The number of nitrogens with zero attached hydrogens (tertiary/aromatic N) is 3. The number of pyridine rings is 2. The first-order valence-corrected chi connectivity index (χ1v) is 17.1. The van der Waals surface area contributed by atoms with E-state index >= 15 is 0 Å². The molecule has 0 fully saturated rings. The second-order valence-corrected chi connectivity index (χ2v) is 14.0. The minimum absolute atomic E-state index is 0.00930. The van der Waals surface area contributed by atoms with Gasteiger partial charge in [-0.3, -0.25) is 4.57 Å². The lowest BCUT2D eigenvalue weighted by atomic mass is 9.82. The Kier molecular flexibility index (Phi) is 5.18. The molecule has 0 N–H and O–H groups in total. The molecule has 0 unspecified atom stereocenters. The zero-order valence-electron chi connectivity index (χ0n) is 27.3. The maximum Gasteiger partial charge on any atom is 0.138 e. The van der Waals surface area contributed by atoms with Crippen LogP contribution in [0.4, 0.5) is 0 Å². The smallest absolute Gasteiger partial charge is 0.138 e. The number of fused-ring (bicyclic) bond motifs is 14. The number of aromatic nitrogens is 3. The van der Waals surface area contributed by atoms with Crippen LogP contribution < -0.4 is 0 Å². The van der Waals surface area contributed by atoms with Crippen LogP contribution >= 0.6 is 0 Å². The Balaban J connectivity index is 1.16. The van der Waals surface area contributed by atoms with Crippen molar-refractivity contribution in [2.45, 2.75) is 19.3 Å². The molecule has 6 aromatic carbocycles. The summed E-state index contributed by atoms with van der Waals surface area (Å²) in [4.78, 5) is 5.00. The highest BCUT2D eigenvalue weighted by molar-refractivity contribution is 6.19. The van der Waals surface area contributed by atoms with Gasteiger partial charge in [0.05, 0.1) is 27.6 Å².